The highest BCUT2D eigenvalue weighted by molar-refractivity contribution is 5.90. The predicted molar refractivity (Wildman–Crippen MR) is 51.8 cm³/mol. The summed E-state index contributed by atoms with van der Waals surface area (Å²) in [6.07, 6.45) is 0.437. The first-order valence-corrected chi connectivity index (χ1v) is 4.60. The molecule has 1 N–H and O–H groups in total. The molecule has 2 heterocycles. The number of benzene rings is 1. The number of nitrogens with one attached hydrogen (secondary N) is 1. The van der Waals surface area contributed by atoms with E-state index in [1.165, 1.54) is 0 Å². The number of carbonyl (C=O) groups excluding carboxylic acids is 1. The SMILES string of the molecule is O=C1Cc2c(oc3ccccc23)CN1. The van der Waals surface area contributed by atoms with Crippen molar-refractivity contribution in [2.24, 2.45) is 0 Å². The molecule has 1 aromatic heterocycles. The van der Waals surface area contributed by atoms with Crippen LogP contribution in [0.5, 0.6) is 0 Å². The first-order chi connectivity index (χ1) is 6.84. The first kappa shape index (κ1) is 7.62. The largest absolute Gasteiger partial charge is 0.459 e. The highest BCUT2D eigenvalue weighted by atomic mass is 16.3. The smallest absolute Gasteiger partial charge is 0.224 e. The molecule has 0 saturated carbocycles. The summed E-state index contributed by atoms with van der Waals surface area (Å²) in [5.74, 6) is 0.967. The van der Waals surface area contributed by atoms with Gasteiger partial charge in [0.2, 0.25) is 5.91 Å². The summed E-state index contributed by atoms with van der Waals surface area (Å²) in [6, 6.07) is 7.82. The van der Waals surface area contributed by atoms with Gasteiger partial charge in [0.05, 0.1) is 13.0 Å². The van der Waals surface area contributed by atoms with Gasteiger partial charge in [0.1, 0.15) is 11.3 Å². The average molecular weight is 187 g/mol. The highest BCUT2D eigenvalue weighted by Gasteiger charge is 2.21. The Balaban J connectivity index is 2.30. The Morgan fingerprint density at radius 2 is 2.14 bits per heavy atom. The van der Waals surface area contributed by atoms with Gasteiger partial charge in [-0.25, -0.2) is 0 Å². The van der Waals surface area contributed by atoms with Crippen LogP contribution in [0, 0.1) is 0 Å². The molecule has 14 heavy (non-hydrogen) atoms. The Morgan fingerprint density at radius 1 is 1.29 bits per heavy atom. The number of hydrogen-bond donors (Lipinski definition) is 1. The van der Waals surface area contributed by atoms with Crippen LogP contribution in [0.2, 0.25) is 0 Å². The molecule has 1 aliphatic heterocycles. The predicted octanol–water partition coefficient (Wildman–Crippen LogP) is 1.61. The van der Waals surface area contributed by atoms with Crippen molar-refractivity contribution in [3.05, 3.63) is 35.6 Å². The number of fused-ring (bicyclic) bond motifs is 3. The zero-order valence-electron chi connectivity index (χ0n) is 7.54. The summed E-state index contributed by atoms with van der Waals surface area (Å²) in [7, 11) is 0. The number of hydrogen-bond acceptors (Lipinski definition) is 2. The van der Waals surface area contributed by atoms with Crippen molar-refractivity contribution in [2.45, 2.75) is 13.0 Å². The monoisotopic (exact) mass is 187 g/mol. The van der Waals surface area contributed by atoms with Crippen LogP contribution in [0.4, 0.5) is 0 Å². The lowest BCUT2D eigenvalue weighted by Gasteiger charge is -2.10. The third-order valence-corrected chi connectivity index (χ3v) is 2.57. The van der Waals surface area contributed by atoms with Crippen molar-refractivity contribution < 1.29 is 9.21 Å². The fraction of sp³-hybridized carbons (Fsp3) is 0.182. The standard InChI is InChI=1S/C11H9NO2/c13-11-5-8-7-3-1-2-4-9(7)14-10(8)6-12-11/h1-4H,5-6H2,(H,12,13). The number of amides is 1. The maximum atomic E-state index is 11.2. The van der Waals surface area contributed by atoms with E-state index in [9.17, 15) is 4.79 Å². The van der Waals surface area contributed by atoms with Gasteiger partial charge in [-0.2, -0.15) is 0 Å². The van der Waals surface area contributed by atoms with Gasteiger partial charge >= 0.3 is 0 Å². The summed E-state index contributed by atoms with van der Waals surface area (Å²) >= 11 is 0. The molecule has 3 rings (SSSR count). The normalized spacial score (nSPS) is 15.3. The van der Waals surface area contributed by atoms with Gasteiger partial charge in [-0.15, -0.1) is 0 Å². The summed E-state index contributed by atoms with van der Waals surface area (Å²) in [5.41, 5.74) is 1.92. The van der Waals surface area contributed by atoms with Crippen LogP contribution in [-0.4, -0.2) is 5.91 Å². The Labute approximate surface area is 80.7 Å². The third-order valence-electron chi connectivity index (χ3n) is 2.57. The minimum Gasteiger partial charge on any atom is -0.459 e. The molecule has 1 aliphatic rings. The molecule has 0 aliphatic carbocycles. The average Bonchev–Trinajstić information content (AvgIpc) is 2.56. The van der Waals surface area contributed by atoms with E-state index >= 15 is 0 Å². The Bertz CT molecular complexity index is 513. The molecule has 0 atom stereocenters. The van der Waals surface area contributed by atoms with Crippen LogP contribution in [0.3, 0.4) is 0 Å². The van der Waals surface area contributed by atoms with Gasteiger partial charge in [0, 0.05) is 10.9 Å². The molecule has 3 heteroatoms. The van der Waals surface area contributed by atoms with Gasteiger partial charge in [-0.1, -0.05) is 18.2 Å². The molecule has 1 amide bonds. The molecule has 70 valence electrons. The van der Waals surface area contributed by atoms with Gasteiger partial charge < -0.3 is 9.73 Å². The molecule has 3 nitrogen and oxygen atoms in total. The minimum absolute atomic E-state index is 0.0732. The lowest BCUT2D eigenvalue weighted by Crippen LogP contribution is -2.29. The molecule has 0 saturated heterocycles. The second kappa shape index (κ2) is 2.61. The molecule has 2 aromatic rings. The molecule has 0 spiro atoms. The fourth-order valence-electron chi connectivity index (χ4n) is 1.89. The molecule has 0 fully saturated rings. The van der Waals surface area contributed by atoms with Crippen molar-refractivity contribution in [3.8, 4) is 0 Å². The summed E-state index contributed by atoms with van der Waals surface area (Å²) in [5, 5.41) is 3.83. The Morgan fingerprint density at radius 3 is 3.07 bits per heavy atom. The highest BCUT2D eigenvalue weighted by Crippen LogP contribution is 2.27. The van der Waals surface area contributed by atoms with Crippen LogP contribution in [-0.2, 0) is 17.8 Å². The Hall–Kier alpha value is -1.77. The zero-order valence-corrected chi connectivity index (χ0v) is 7.54. The van der Waals surface area contributed by atoms with Crippen molar-refractivity contribution in [1.82, 2.24) is 5.32 Å². The molecule has 0 unspecified atom stereocenters. The number of rotatable bonds is 0. The van der Waals surface area contributed by atoms with Gasteiger partial charge in [-0.05, 0) is 6.07 Å². The van der Waals surface area contributed by atoms with E-state index in [2.05, 4.69) is 5.32 Å². The van der Waals surface area contributed by atoms with E-state index in [4.69, 9.17) is 4.42 Å². The van der Waals surface area contributed by atoms with Crippen LogP contribution in [0.25, 0.3) is 11.0 Å². The number of carbonyl (C=O) groups is 1. The summed E-state index contributed by atoms with van der Waals surface area (Å²) in [6.45, 7) is 0.517. The van der Waals surface area contributed by atoms with Crippen molar-refractivity contribution in [3.63, 3.8) is 0 Å². The number of furan rings is 1. The van der Waals surface area contributed by atoms with E-state index in [0.29, 0.717) is 13.0 Å². The lowest BCUT2D eigenvalue weighted by atomic mass is 10.0. The molecule has 1 aromatic carbocycles. The zero-order chi connectivity index (χ0) is 9.54. The van der Waals surface area contributed by atoms with E-state index < -0.39 is 0 Å². The molecular formula is C11H9NO2. The molecular weight excluding hydrogens is 178 g/mol. The number of para-hydroxylation sites is 1. The maximum absolute atomic E-state index is 11.2. The van der Waals surface area contributed by atoms with Crippen LogP contribution >= 0.6 is 0 Å². The van der Waals surface area contributed by atoms with Crippen molar-refractivity contribution in [2.75, 3.05) is 0 Å². The second-order valence-electron chi connectivity index (χ2n) is 3.45. The van der Waals surface area contributed by atoms with E-state index in [0.717, 1.165) is 22.3 Å². The molecule has 0 bridgehead atoms. The Kier molecular flexibility index (Phi) is 1.42. The van der Waals surface area contributed by atoms with Crippen LogP contribution in [0.15, 0.2) is 28.7 Å². The first-order valence-electron chi connectivity index (χ1n) is 4.60. The third kappa shape index (κ3) is 0.954. The van der Waals surface area contributed by atoms with Crippen molar-refractivity contribution in [1.29, 1.82) is 0 Å². The van der Waals surface area contributed by atoms with E-state index in [1.54, 1.807) is 0 Å². The van der Waals surface area contributed by atoms with Crippen LogP contribution in [0.1, 0.15) is 11.3 Å². The summed E-state index contributed by atoms with van der Waals surface area (Å²) < 4.78 is 5.62. The van der Waals surface area contributed by atoms with Gasteiger partial charge in [0.25, 0.3) is 0 Å². The van der Waals surface area contributed by atoms with E-state index in [-0.39, 0.29) is 5.91 Å². The maximum Gasteiger partial charge on any atom is 0.224 e. The lowest BCUT2D eigenvalue weighted by molar-refractivity contribution is -0.121. The minimum atomic E-state index is 0.0732. The quantitative estimate of drug-likeness (QED) is 0.680. The van der Waals surface area contributed by atoms with Gasteiger partial charge in [0.15, 0.2) is 0 Å². The molecule has 0 radical (unpaired) electrons. The van der Waals surface area contributed by atoms with Crippen molar-refractivity contribution >= 4 is 16.9 Å². The van der Waals surface area contributed by atoms with Crippen LogP contribution < -0.4 is 5.32 Å². The summed E-state index contributed by atoms with van der Waals surface area (Å²) in [4.78, 5) is 11.2. The van der Waals surface area contributed by atoms with E-state index in [1.807, 2.05) is 24.3 Å². The van der Waals surface area contributed by atoms with Gasteiger partial charge in [-0.3, -0.25) is 4.79 Å². The second-order valence-corrected chi connectivity index (χ2v) is 3.45. The topological polar surface area (TPSA) is 42.2 Å². The fourth-order valence-corrected chi connectivity index (χ4v) is 1.89.